The van der Waals surface area contributed by atoms with Gasteiger partial charge in [-0.2, -0.15) is 0 Å². The minimum Gasteiger partial charge on any atom is -0.497 e. The van der Waals surface area contributed by atoms with Crippen LogP contribution in [0.2, 0.25) is 0 Å². The smallest absolute Gasteiger partial charge is 0.262 e. The van der Waals surface area contributed by atoms with Gasteiger partial charge in [-0.15, -0.1) is 0 Å². The van der Waals surface area contributed by atoms with Gasteiger partial charge in [0.2, 0.25) is 5.91 Å². The minimum absolute atomic E-state index is 0.0135. The first-order chi connectivity index (χ1) is 16.0. The Morgan fingerprint density at radius 2 is 1.82 bits per heavy atom. The number of anilines is 1. The fourth-order valence-corrected chi connectivity index (χ4v) is 4.11. The second-order valence-electron chi connectivity index (χ2n) is 8.19. The van der Waals surface area contributed by atoms with Gasteiger partial charge in [-0.1, -0.05) is 0 Å². The van der Waals surface area contributed by atoms with Crippen LogP contribution in [0.1, 0.15) is 36.0 Å². The van der Waals surface area contributed by atoms with Crippen molar-refractivity contribution in [3.05, 3.63) is 48.0 Å². The third-order valence-electron chi connectivity index (χ3n) is 5.98. The molecular formula is C25H28N2O6. The lowest BCUT2D eigenvalue weighted by Gasteiger charge is -2.31. The molecule has 0 spiro atoms. The predicted molar refractivity (Wildman–Crippen MR) is 122 cm³/mol. The van der Waals surface area contributed by atoms with E-state index in [0.717, 1.165) is 11.5 Å². The third kappa shape index (κ3) is 5.63. The summed E-state index contributed by atoms with van der Waals surface area (Å²) in [5, 5.41) is 2.74. The van der Waals surface area contributed by atoms with E-state index in [4.69, 9.17) is 14.2 Å². The first-order valence-electron chi connectivity index (χ1n) is 11.2. The Morgan fingerprint density at radius 3 is 2.55 bits per heavy atom. The molecular weight excluding hydrogens is 424 g/mol. The summed E-state index contributed by atoms with van der Waals surface area (Å²) in [6, 6.07) is 12.5. The van der Waals surface area contributed by atoms with Gasteiger partial charge in [0, 0.05) is 31.0 Å². The highest BCUT2D eigenvalue weighted by atomic mass is 16.5. The zero-order valence-electron chi connectivity index (χ0n) is 18.7. The lowest BCUT2D eigenvalue weighted by molar-refractivity contribution is -0.132. The number of likely N-dealkylation sites (tertiary alicyclic amines) is 1. The number of rotatable bonds is 8. The summed E-state index contributed by atoms with van der Waals surface area (Å²) < 4.78 is 16.2. The monoisotopic (exact) mass is 452 g/mol. The number of carbonyl (C=O) groups is 3. The summed E-state index contributed by atoms with van der Waals surface area (Å²) in [6.45, 7) is 1.59. The summed E-state index contributed by atoms with van der Waals surface area (Å²) in [7, 11) is 1.62. The maximum Gasteiger partial charge on any atom is 0.262 e. The van der Waals surface area contributed by atoms with Crippen molar-refractivity contribution in [2.45, 2.75) is 25.7 Å². The van der Waals surface area contributed by atoms with Gasteiger partial charge in [-0.05, 0) is 61.7 Å². The number of hydrogen-bond acceptors (Lipinski definition) is 6. The highest BCUT2D eigenvalue weighted by Gasteiger charge is 2.28. The third-order valence-corrected chi connectivity index (χ3v) is 5.98. The average Bonchev–Trinajstić information content (AvgIpc) is 2.86. The number of benzene rings is 2. The van der Waals surface area contributed by atoms with E-state index in [1.165, 1.54) is 0 Å². The highest BCUT2D eigenvalue weighted by molar-refractivity contribution is 6.01. The number of amides is 2. The number of hydrogen-bond donors (Lipinski definition) is 1. The van der Waals surface area contributed by atoms with Crippen LogP contribution in [0.5, 0.6) is 17.2 Å². The Bertz CT molecular complexity index is 1010. The van der Waals surface area contributed by atoms with E-state index in [0.29, 0.717) is 62.4 Å². The van der Waals surface area contributed by atoms with E-state index >= 15 is 0 Å². The number of nitrogens with one attached hydrogen (secondary N) is 1. The lowest BCUT2D eigenvalue weighted by atomic mass is 9.88. The van der Waals surface area contributed by atoms with Crippen LogP contribution in [0.25, 0.3) is 0 Å². The zero-order valence-corrected chi connectivity index (χ0v) is 18.7. The van der Waals surface area contributed by atoms with Crippen LogP contribution in [-0.4, -0.2) is 55.9 Å². The standard InChI is InChI=1S/C25H28N2O6/c1-31-19-5-7-20(8-6-19)32-14-2-3-24(29)27-12-10-17(11-13-27)25(30)18-4-9-22-21(15-18)26-23(28)16-33-22/h4-9,15,17H,2-3,10-14,16H2,1H3,(H,26,28). The number of methoxy groups -OCH3 is 1. The van der Waals surface area contributed by atoms with Crippen molar-refractivity contribution < 1.29 is 28.6 Å². The second-order valence-corrected chi connectivity index (χ2v) is 8.19. The summed E-state index contributed by atoms with van der Waals surface area (Å²) in [4.78, 5) is 38.9. The van der Waals surface area contributed by atoms with Crippen LogP contribution < -0.4 is 19.5 Å². The fourth-order valence-electron chi connectivity index (χ4n) is 4.11. The quantitative estimate of drug-likeness (QED) is 0.488. The average molecular weight is 453 g/mol. The number of carbonyl (C=O) groups excluding carboxylic acids is 3. The molecule has 174 valence electrons. The van der Waals surface area contributed by atoms with Gasteiger partial charge >= 0.3 is 0 Å². The molecule has 0 aromatic heterocycles. The van der Waals surface area contributed by atoms with Gasteiger partial charge in [0.25, 0.3) is 5.91 Å². The molecule has 2 aliphatic rings. The first kappa shape index (κ1) is 22.6. The van der Waals surface area contributed by atoms with Crippen molar-refractivity contribution in [3.63, 3.8) is 0 Å². The molecule has 2 aromatic rings. The topological polar surface area (TPSA) is 94.2 Å². The molecule has 8 heteroatoms. The Balaban J connectivity index is 1.20. The molecule has 0 saturated carbocycles. The number of ketones is 1. The number of nitrogens with zero attached hydrogens (tertiary/aromatic N) is 1. The maximum absolute atomic E-state index is 12.9. The molecule has 0 radical (unpaired) electrons. The molecule has 0 unspecified atom stereocenters. The maximum atomic E-state index is 12.9. The van der Waals surface area contributed by atoms with Crippen molar-refractivity contribution in [3.8, 4) is 17.2 Å². The molecule has 0 atom stereocenters. The molecule has 2 aliphatic heterocycles. The molecule has 8 nitrogen and oxygen atoms in total. The van der Waals surface area contributed by atoms with Crippen LogP contribution in [0.3, 0.4) is 0 Å². The molecule has 33 heavy (non-hydrogen) atoms. The minimum atomic E-state index is -0.228. The van der Waals surface area contributed by atoms with E-state index in [-0.39, 0.29) is 30.1 Å². The predicted octanol–water partition coefficient (Wildman–Crippen LogP) is 3.31. The Labute approximate surface area is 192 Å². The van der Waals surface area contributed by atoms with Gasteiger partial charge in [-0.25, -0.2) is 0 Å². The van der Waals surface area contributed by atoms with Crippen molar-refractivity contribution in [2.24, 2.45) is 5.92 Å². The summed E-state index contributed by atoms with van der Waals surface area (Å²) in [6.07, 6.45) is 2.31. The summed E-state index contributed by atoms with van der Waals surface area (Å²) in [5.74, 6) is 1.86. The van der Waals surface area contributed by atoms with E-state index < -0.39 is 0 Å². The summed E-state index contributed by atoms with van der Waals surface area (Å²) >= 11 is 0. The number of piperidine rings is 1. The van der Waals surface area contributed by atoms with Crippen molar-refractivity contribution in [1.82, 2.24) is 4.90 Å². The van der Waals surface area contributed by atoms with Gasteiger partial charge in [0.1, 0.15) is 17.2 Å². The molecule has 1 saturated heterocycles. The second kappa shape index (κ2) is 10.4. The van der Waals surface area contributed by atoms with Gasteiger partial charge in [0.15, 0.2) is 12.4 Å². The highest BCUT2D eigenvalue weighted by Crippen LogP contribution is 2.31. The van der Waals surface area contributed by atoms with Crippen LogP contribution in [0, 0.1) is 5.92 Å². The van der Waals surface area contributed by atoms with E-state index in [9.17, 15) is 14.4 Å². The Hall–Kier alpha value is -3.55. The van der Waals surface area contributed by atoms with Gasteiger partial charge in [0.05, 0.1) is 19.4 Å². The molecule has 2 aromatic carbocycles. The Kier molecular flexibility index (Phi) is 7.12. The lowest BCUT2D eigenvalue weighted by Crippen LogP contribution is -2.40. The van der Waals surface area contributed by atoms with Crippen molar-refractivity contribution in [2.75, 3.05) is 38.7 Å². The normalized spacial score (nSPS) is 15.8. The largest absolute Gasteiger partial charge is 0.497 e. The van der Waals surface area contributed by atoms with Crippen LogP contribution >= 0.6 is 0 Å². The zero-order chi connectivity index (χ0) is 23.2. The van der Waals surface area contributed by atoms with Crippen LogP contribution in [0.4, 0.5) is 5.69 Å². The molecule has 1 fully saturated rings. The first-order valence-corrected chi connectivity index (χ1v) is 11.2. The summed E-state index contributed by atoms with van der Waals surface area (Å²) in [5.41, 5.74) is 1.08. The van der Waals surface area contributed by atoms with Crippen molar-refractivity contribution in [1.29, 1.82) is 0 Å². The Morgan fingerprint density at radius 1 is 1.09 bits per heavy atom. The van der Waals surface area contributed by atoms with Gasteiger partial charge < -0.3 is 24.4 Å². The molecule has 4 rings (SSSR count). The number of fused-ring (bicyclic) bond motifs is 1. The fraction of sp³-hybridized carbons (Fsp3) is 0.400. The van der Waals surface area contributed by atoms with Gasteiger partial charge in [-0.3, -0.25) is 14.4 Å². The van der Waals surface area contributed by atoms with E-state index in [2.05, 4.69) is 5.32 Å². The van der Waals surface area contributed by atoms with Crippen LogP contribution in [0.15, 0.2) is 42.5 Å². The molecule has 2 amide bonds. The molecule has 2 heterocycles. The van der Waals surface area contributed by atoms with Crippen molar-refractivity contribution >= 4 is 23.3 Å². The number of Topliss-reactive ketones (excluding diaryl/α,β-unsaturated/α-hetero) is 1. The number of ether oxygens (including phenoxy) is 3. The molecule has 0 bridgehead atoms. The van der Waals surface area contributed by atoms with Crippen LogP contribution in [-0.2, 0) is 9.59 Å². The molecule has 1 N–H and O–H groups in total. The molecule has 0 aliphatic carbocycles. The SMILES string of the molecule is COc1ccc(OCCCC(=O)N2CCC(C(=O)c3ccc4c(c3)NC(=O)CO4)CC2)cc1. The van der Waals surface area contributed by atoms with E-state index in [1.807, 2.05) is 29.2 Å². The van der Waals surface area contributed by atoms with E-state index in [1.54, 1.807) is 25.3 Å².